The van der Waals surface area contributed by atoms with Crippen LogP contribution in [0.25, 0.3) is 0 Å². The van der Waals surface area contributed by atoms with E-state index in [1.807, 2.05) is 18.2 Å². The van der Waals surface area contributed by atoms with Crippen LogP contribution in [-0.2, 0) is 6.54 Å². The molecule has 1 saturated heterocycles. The van der Waals surface area contributed by atoms with Crippen LogP contribution in [0.5, 0.6) is 0 Å². The Balaban J connectivity index is 2.02. The van der Waals surface area contributed by atoms with Gasteiger partial charge in [0, 0.05) is 18.8 Å². The lowest BCUT2D eigenvalue weighted by atomic mass is 10.2. The molecule has 0 atom stereocenters. The predicted octanol–water partition coefficient (Wildman–Crippen LogP) is 2.17. The first-order chi connectivity index (χ1) is 6.36. The first kappa shape index (κ1) is 8.63. The van der Waals surface area contributed by atoms with Gasteiger partial charge in [-0.25, -0.2) is 0 Å². The molecule has 1 heterocycles. The molecule has 1 fully saturated rings. The molecule has 2 nitrogen and oxygen atoms in total. The molecule has 0 aliphatic carbocycles. The number of rotatable bonds is 2. The van der Waals surface area contributed by atoms with Gasteiger partial charge in [0.25, 0.3) is 0 Å². The summed E-state index contributed by atoms with van der Waals surface area (Å²) in [6.45, 7) is 1.89. The van der Waals surface area contributed by atoms with Crippen molar-refractivity contribution in [1.29, 1.82) is 5.41 Å². The summed E-state index contributed by atoms with van der Waals surface area (Å²) in [5, 5.41) is 8.36. The number of nitrogens with zero attached hydrogens (tertiary/aromatic N) is 1. The largest absolute Gasteiger partial charge is 0.347 e. The van der Waals surface area contributed by atoms with Crippen molar-refractivity contribution in [2.24, 2.45) is 0 Å². The molecular formula is C10H12N2S. The standard InChI is InChI=1S/C10H12N2S/c11-10-12(6-7-13-10)8-9-4-2-1-3-5-9/h1-5,11H,6-8H2. The molecule has 0 unspecified atom stereocenters. The van der Waals surface area contributed by atoms with Gasteiger partial charge in [0.2, 0.25) is 0 Å². The number of nitrogens with one attached hydrogen (secondary N) is 1. The highest BCUT2D eigenvalue weighted by molar-refractivity contribution is 8.14. The normalized spacial score (nSPS) is 16.6. The van der Waals surface area contributed by atoms with Crippen LogP contribution in [0.4, 0.5) is 0 Å². The van der Waals surface area contributed by atoms with Crippen LogP contribution >= 0.6 is 11.8 Å². The summed E-state index contributed by atoms with van der Waals surface area (Å²) < 4.78 is 0. The van der Waals surface area contributed by atoms with Gasteiger partial charge in [-0.1, -0.05) is 42.1 Å². The minimum Gasteiger partial charge on any atom is -0.347 e. The minimum atomic E-state index is 0.712. The molecule has 0 amide bonds. The number of benzene rings is 1. The van der Waals surface area contributed by atoms with Crippen LogP contribution in [0.2, 0.25) is 0 Å². The van der Waals surface area contributed by atoms with Gasteiger partial charge in [-0.15, -0.1) is 0 Å². The minimum absolute atomic E-state index is 0.712. The van der Waals surface area contributed by atoms with Crippen LogP contribution in [0, 0.1) is 5.41 Å². The maximum Gasteiger partial charge on any atom is 0.156 e. The van der Waals surface area contributed by atoms with E-state index in [1.165, 1.54) is 5.56 Å². The van der Waals surface area contributed by atoms with Crippen molar-refractivity contribution in [3.8, 4) is 0 Å². The Labute approximate surface area is 82.5 Å². The average Bonchev–Trinajstić information content (AvgIpc) is 2.54. The zero-order valence-corrected chi connectivity index (χ0v) is 8.18. The van der Waals surface area contributed by atoms with Crippen molar-refractivity contribution in [2.75, 3.05) is 12.3 Å². The summed E-state index contributed by atoms with van der Waals surface area (Å²) >= 11 is 1.63. The average molecular weight is 192 g/mol. The maximum absolute atomic E-state index is 7.64. The van der Waals surface area contributed by atoms with E-state index in [1.54, 1.807) is 11.8 Å². The second-order valence-corrected chi connectivity index (χ2v) is 4.14. The molecule has 68 valence electrons. The van der Waals surface area contributed by atoms with Crippen molar-refractivity contribution < 1.29 is 0 Å². The third-order valence-corrected chi connectivity index (χ3v) is 3.02. The van der Waals surface area contributed by atoms with E-state index in [-0.39, 0.29) is 0 Å². The molecule has 0 radical (unpaired) electrons. The van der Waals surface area contributed by atoms with Gasteiger partial charge in [-0.3, -0.25) is 5.41 Å². The van der Waals surface area contributed by atoms with E-state index in [2.05, 4.69) is 17.0 Å². The van der Waals surface area contributed by atoms with Gasteiger partial charge in [0.15, 0.2) is 5.17 Å². The molecule has 0 saturated carbocycles. The fourth-order valence-corrected chi connectivity index (χ4v) is 2.24. The highest BCUT2D eigenvalue weighted by Gasteiger charge is 2.16. The molecule has 1 aromatic rings. The molecule has 1 N–H and O–H groups in total. The molecule has 0 bridgehead atoms. The molecule has 2 rings (SSSR count). The van der Waals surface area contributed by atoms with Crippen molar-refractivity contribution in [1.82, 2.24) is 4.90 Å². The highest BCUT2D eigenvalue weighted by atomic mass is 32.2. The van der Waals surface area contributed by atoms with Gasteiger partial charge >= 0.3 is 0 Å². The first-order valence-corrected chi connectivity index (χ1v) is 5.35. The van der Waals surface area contributed by atoms with Crippen molar-refractivity contribution >= 4 is 16.9 Å². The summed E-state index contributed by atoms with van der Waals surface area (Å²) in [6, 6.07) is 10.3. The zero-order valence-electron chi connectivity index (χ0n) is 7.36. The van der Waals surface area contributed by atoms with Crippen molar-refractivity contribution in [2.45, 2.75) is 6.54 Å². The molecular weight excluding hydrogens is 180 g/mol. The number of hydrogen-bond donors (Lipinski definition) is 1. The third-order valence-electron chi connectivity index (χ3n) is 2.10. The fraction of sp³-hybridized carbons (Fsp3) is 0.300. The fourth-order valence-electron chi connectivity index (χ4n) is 1.40. The molecule has 1 aliphatic rings. The van der Waals surface area contributed by atoms with Gasteiger partial charge in [-0.05, 0) is 5.56 Å². The summed E-state index contributed by atoms with van der Waals surface area (Å²) in [5.74, 6) is 1.06. The number of amidine groups is 1. The Morgan fingerprint density at radius 2 is 2.08 bits per heavy atom. The topological polar surface area (TPSA) is 27.1 Å². The maximum atomic E-state index is 7.64. The Kier molecular flexibility index (Phi) is 2.54. The van der Waals surface area contributed by atoms with Crippen LogP contribution in [0.15, 0.2) is 30.3 Å². The lowest BCUT2D eigenvalue weighted by Crippen LogP contribution is -2.22. The summed E-state index contributed by atoms with van der Waals surface area (Å²) in [5.41, 5.74) is 1.29. The van der Waals surface area contributed by atoms with Crippen LogP contribution in [0.3, 0.4) is 0 Å². The van der Waals surface area contributed by atoms with Gasteiger partial charge in [0.05, 0.1) is 0 Å². The van der Waals surface area contributed by atoms with E-state index in [0.717, 1.165) is 18.8 Å². The molecule has 3 heteroatoms. The smallest absolute Gasteiger partial charge is 0.156 e. The predicted molar refractivity (Wildman–Crippen MR) is 57.0 cm³/mol. The monoisotopic (exact) mass is 192 g/mol. The molecule has 0 aromatic heterocycles. The summed E-state index contributed by atoms with van der Waals surface area (Å²) in [7, 11) is 0. The number of thioether (sulfide) groups is 1. The second kappa shape index (κ2) is 3.83. The van der Waals surface area contributed by atoms with Crippen LogP contribution in [0.1, 0.15) is 5.56 Å². The SMILES string of the molecule is N=C1SCCN1Cc1ccccc1. The lowest BCUT2D eigenvalue weighted by molar-refractivity contribution is 0.455. The van der Waals surface area contributed by atoms with E-state index in [0.29, 0.717) is 5.17 Å². The van der Waals surface area contributed by atoms with E-state index >= 15 is 0 Å². The lowest BCUT2D eigenvalue weighted by Gasteiger charge is -2.16. The van der Waals surface area contributed by atoms with Crippen molar-refractivity contribution in [3.63, 3.8) is 0 Å². The third kappa shape index (κ3) is 2.04. The molecule has 1 aliphatic heterocycles. The quantitative estimate of drug-likeness (QED) is 0.777. The van der Waals surface area contributed by atoms with Crippen LogP contribution in [-0.4, -0.2) is 22.4 Å². The summed E-state index contributed by atoms with van der Waals surface area (Å²) in [4.78, 5) is 2.11. The van der Waals surface area contributed by atoms with Gasteiger partial charge in [0.1, 0.15) is 0 Å². The van der Waals surface area contributed by atoms with E-state index in [9.17, 15) is 0 Å². The molecule has 1 aromatic carbocycles. The number of hydrogen-bond acceptors (Lipinski definition) is 2. The van der Waals surface area contributed by atoms with Crippen molar-refractivity contribution in [3.05, 3.63) is 35.9 Å². The molecule has 0 spiro atoms. The molecule has 13 heavy (non-hydrogen) atoms. The Morgan fingerprint density at radius 1 is 1.31 bits per heavy atom. The Hall–Kier alpha value is -0.960. The zero-order chi connectivity index (χ0) is 9.10. The first-order valence-electron chi connectivity index (χ1n) is 4.36. The Morgan fingerprint density at radius 3 is 2.69 bits per heavy atom. The van der Waals surface area contributed by atoms with Gasteiger partial charge in [-0.2, -0.15) is 0 Å². The Bertz CT molecular complexity index is 297. The highest BCUT2D eigenvalue weighted by Crippen LogP contribution is 2.18. The summed E-state index contributed by atoms with van der Waals surface area (Å²) in [6.07, 6.45) is 0. The van der Waals surface area contributed by atoms with Crippen LogP contribution < -0.4 is 0 Å². The van der Waals surface area contributed by atoms with E-state index < -0.39 is 0 Å². The second-order valence-electron chi connectivity index (χ2n) is 3.06. The van der Waals surface area contributed by atoms with Gasteiger partial charge < -0.3 is 4.90 Å². The van der Waals surface area contributed by atoms with E-state index in [4.69, 9.17) is 5.41 Å².